The fourth-order valence-electron chi connectivity index (χ4n) is 1.66. The van der Waals surface area contributed by atoms with Crippen molar-refractivity contribution in [3.8, 4) is 0 Å². The predicted octanol–water partition coefficient (Wildman–Crippen LogP) is 3.23. The van der Waals surface area contributed by atoms with Gasteiger partial charge in [0.05, 0.1) is 10.6 Å². The number of nitrogens with two attached hydrogens (primary N) is 1. The van der Waals surface area contributed by atoms with Gasteiger partial charge in [0, 0.05) is 11.7 Å². The molecule has 1 aromatic rings. The Morgan fingerprint density at radius 2 is 2.24 bits per heavy atom. The smallest absolute Gasteiger partial charge is 0.255 e. The van der Waals surface area contributed by atoms with E-state index in [1.165, 1.54) is 0 Å². The Bertz CT molecular complexity index is 373. The number of hydrogen-bond donors (Lipinski definition) is 2. The summed E-state index contributed by atoms with van der Waals surface area (Å²) in [5.41, 5.74) is 6.54. The van der Waals surface area contributed by atoms with Crippen LogP contribution in [0.3, 0.4) is 0 Å². The van der Waals surface area contributed by atoms with E-state index in [1.807, 2.05) is 6.92 Å². The first-order chi connectivity index (χ1) is 8.06. The van der Waals surface area contributed by atoms with Gasteiger partial charge in [0.25, 0.3) is 5.91 Å². The van der Waals surface area contributed by atoms with Crippen LogP contribution >= 0.6 is 11.6 Å². The zero-order chi connectivity index (χ0) is 12.8. The molecule has 3 N–H and O–H groups in total. The normalized spacial score (nSPS) is 12.2. The zero-order valence-corrected chi connectivity index (χ0v) is 11.1. The summed E-state index contributed by atoms with van der Waals surface area (Å²) in [6.07, 6.45) is 3.18. The zero-order valence-electron chi connectivity index (χ0n) is 10.3. The number of nitrogens with one attached hydrogen (secondary N) is 1. The first-order valence-electron chi connectivity index (χ1n) is 5.91. The van der Waals surface area contributed by atoms with Gasteiger partial charge in [0.1, 0.15) is 0 Å². The van der Waals surface area contributed by atoms with E-state index in [2.05, 4.69) is 12.2 Å². The van der Waals surface area contributed by atoms with Crippen LogP contribution in [0.1, 0.15) is 43.5 Å². The topological polar surface area (TPSA) is 55.1 Å². The SMILES string of the molecule is CCCCC(C)NC(=O)c1c(N)cccc1Cl. The number of carbonyl (C=O) groups is 1. The molecule has 0 aromatic heterocycles. The van der Waals surface area contributed by atoms with Crippen LogP contribution in [0.5, 0.6) is 0 Å². The Hall–Kier alpha value is -1.22. The van der Waals surface area contributed by atoms with Crippen LogP contribution < -0.4 is 11.1 Å². The Kier molecular flexibility index (Phi) is 5.29. The Balaban J connectivity index is 2.70. The van der Waals surface area contributed by atoms with Gasteiger partial charge < -0.3 is 11.1 Å². The highest BCUT2D eigenvalue weighted by atomic mass is 35.5. The molecule has 1 aromatic carbocycles. The Morgan fingerprint density at radius 3 is 2.82 bits per heavy atom. The second-order valence-corrected chi connectivity index (χ2v) is 4.63. The van der Waals surface area contributed by atoms with Crippen molar-refractivity contribution in [2.24, 2.45) is 0 Å². The molecule has 0 fully saturated rings. The number of benzene rings is 1. The molecule has 0 spiro atoms. The van der Waals surface area contributed by atoms with Gasteiger partial charge in [-0.3, -0.25) is 4.79 Å². The van der Waals surface area contributed by atoms with E-state index < -0.39 is 0 Å². The molecule has 0 saturated carbocycles. The summed E-state index contributed by atoms with van der Waals surface area (Å²) >= 11 is 5.97. The van der Waals surface area contributed by atoms with Crippen LogP contribution in [0.2, 0.25) is 5.02 Å². The van der Waals surface area contributed by atoms with Crippen molar-refractivity contribution in [1.82, 2.24) is 5.32 Å². The number of carbonyl (C=O) groups excluding carboxylic acids is 1. The van der Waals surface area contributed by atoms with Gasteiger partial charge in [-0.25, -0.2) is 0 Å². The number of hydrogen-bond acceptors (Lipinski definition) is 2. The highest BCUT2D eigenvalue weighted by molar-refractivity contribution is 6.34. The van der Waals surface area contributed by atoms with Gasteiger partial charge in [0.15, 0.2) is 0 Å². The molecule has 94 valence electrons. The van der Waals surface area contributed by atoms with Crippen molar-refractivity contribution >= 4 is 23.2 Å². The van der Waals surface area contributed by atoms with Crippen LogP contribution in [-0.4, -0.2) is 11.9 Å². The monoisotopic (exact) mass is 254 g/mol. The van der Waals surface area contributed by atoms with Crippen LogP contribution in [0, 0.1) is 0 Å². The second kappa shape index (κ2) is 6.50. The third kappa shape index (κ3) is 3.93. The van der Waals surface area contributed by atoms with Crippen molar-refractivity contribution in [2.75, 3.05) is 5.73 Å². The summed E-state index contributed by atoms with van der Waals surface area (Å²) in [6, 6.07) is 5.22. The Morgan fingerprint density at radius 1 is 1.53 bits per heavy atom. The minimum atomic E-state index is -0.197. The molecule has 0 radical (unpaired) electrons. The second-order valence-electron chi connectivity index (χ2n) is 4.22. The summed E-state index contributed by atoms with van der Waals surface area (Å²) in [5.74, 6) is -0.197. The van der Waals surface area contributed by atoms with E-state index >= 15 is 0 Å². The van der Waals surface area contributed by atoms with Gasteiger partial charge in [-0.05, 0) is 25.5 Å². The van der Waals surface area contributed by atoms with Crippen molar-refractivity contribution in [2.45, 2.75) is 39.2 Å². The first kappa shape index (κ1) is 13.8. The van der Waals surface area contributed by atoms with E-state index in [4.69, 9.17) is 17.3 Å². The van der Waals surface area contributed by atoms with Gasteiger partial charge in [-0.15, -0.1) is 0 Å². The molecule has 0 bridgehead atoms. The number of anilines is 1. The maximum absolute atomic E-state index is 12.0. The molecule has 1 unspecified atom stereocenters. The lowest BCUT2D eigenvalue weighted by Gasteiger charge is -2.15. The van der Waals surface area contributed by atoms with Crippen molar-refractivity contribution in [1.29, 1.82) is 0 Å². The summed E-state index contributed by atoms with van der Waals surface area (Å²) in [4.78, 5) is 12.0. The van der Waals surface area contributed by atoms with E-state index in [1.54, 1.807) is 18.2 Å². The van der Waals surface area contributed by atoms with Gasteiger partial charge >= 0.3 is 0 Å². The maximum Gasteiger partial charge on any atom is 0.255 e. The number of halogens is 1. The summed E-state index contributed by atoms with van der Waals surface area (Å²) in [7, 11) is 0. The predicted molar refractivity (Wildman–Crippen MR) is 72.3 cm³/mol. The van der Waals surface area contributed by atoms with Crippen molar-refractivity contribution in [3.05, 3.63) is 28.8 Å². The molecule has 0 heterocycles. The highest BCUT2D eigenvalue weighted by Gasteiger charge is 2.15. The van der Waals surface area contributed by atoms with Gasteiger partial charge in [0.2, 0.25) is 0 Å². The fraction of sp³-hybridized carbons (Fsp3) is 0.462. The summed E-state index contributed by atoms with van der Waals surface area (Å²) in [5, 5.41) is 3.30. The molecular weight excluding hydrogens is 236 g/mol. The molecule has 1 amide bonds. The van der Waals surface area contributed by atoms with Crippen LogP contribution in [-0.2, 0) is 0 Å². The molecule has 1 atom stereocenters. The van der Waals surface area contributed by atoms with E-state index in [0.717, 1.165) is 19.3 Å². The molecule has 1 rings (SSSR count). The lowest BCUT2D eigenvalue weighted by Crippen LogP contribution is -2.33. The van der Waals surface area contributed by atoms with Crippen LogP contribution in [0.25, 0.3) is 0 Å². The van der Waals surface area contributed by atoms with Gasteiger partial charge in [-0.1, -0.05) is 37.4 Å². The third-order valence-electron chi connectivity index (χ3n) is 2.64. The highest BCUT2D eigenvalue weighted by Crippen LogP contribution is 2.21. The summed E-state index contributed by atoms with van der Waals surface area (Å²) in [6.45, 7) is 4.11. The number of amides is 1. The Labute approximate surface area is 107 Å². The molecule has 3 nitrogen and oxygen atoms in total. The number of unbranched alkanes of at least 4 members (excludes halogenated alkanes) is 1. The molecular formula is C13H19ClN2O. The van der Waals surface area contributed by atoms with E-state index in [9.17, 15) is 4.79 Å². The van der Waals surface area contributed by atoms with Crippen molar-refractivity contribution in [3.63, 3.8) is 0 Å². The molecule has 0 aliphatic heterocycles. The molecule has 0 aliphatic rings. The van der Waals surface area contributed by atoms with Crippen LogP contribution in [0.15, 0.2) is 18.2 Å². The standard InChI is InChI=1S/C13H19ClN2O/c1-3-4-6-9(2)16-13(17)12-10(14)7-5-8-11(12)15/h5,7-9H,3-4,6,15H2,1-2H3,(H,16,17). The maximum atomic E-state index is 12.0. The average molecular weight is 255 g/mol. The molecule has 0 saturated heterocycles. The molecule has 0 aliphatic carbocycles. The molecule has 4 heteroatoms. The van der Waals surface area contributed by atoms with E-state index in [0.29, 0.717) is 16.3 Å². The number of rotatable bonds is 5. The number of nitrogen functional groups attached to an aromatic ring is 1. The third-order valence-corrected chi connectivity index (χ3v) is 2.96. The molecule has 17 heavy (non-hydrogen) atoms. The minimum absolute atomic E-state index is 0.137. The first-order valence-corrected chi connectivity index (χ1v) is 6.29. The fourth-order valence-corrected chi connectivity index (χ4v) is 1.93. The van der Waals surface area contributed by atoms with Crippen LogP contribution in [0.4, 0.5) is 5.69 Å². The largest absolute Gasteiger partial charge is 0.398 e. The minimum Gasteiger partial charge on any atom is -0.398 e. The lowest BCUT2D eigenvalue weighted by atomic mass is 10.1. The lowest BCUT2D eigenvalue weighted by molar-refractivity contribution is 0.0939. The average Bonchev–Trinajstić information content (AvgIpc) is 2.26. The van der Waals surface area contributed by atoms with Crippen molar-refractivity contribution < 1.29 is 4.79 Å². The van der Waals surface area contributed by atoms with Gasteiger partial charge in [-0.2, -0.15) is 0 Å². The summed E-state index contributed by atoms with van der Waals surface area (Å²) < 4.78 is 0. The van der Waals surface area contributed by atoms with E-state index in [-0.39, 0.29) is 11.9 Å². The quantitative estimate of drug-likeness (QED) is 0.793.